The molecule has 4 nitrogen and oxygen atoms in total. The molecule has 0 spiro atoms. The quantitative estimate of drug-likeness (QED) is 0.661. The number of hydrogen-bond donors (Lipinski definition) is 2. The maximum atomic E-state index is 11.9. The van der Waals surface area contributed by atoms with Crippen molar-refractivity contribution in [3.63, 3.8) is 0 Å². The zero-order chi connectivity index (χ0) is 12.6. The first kappa shape index (κ1) is 12.9. The lowest BCUT2D eigenvalue weighted by Gasteiger charge is -2.16. The van der Waals surface area contributed by atoms with E-state index in [1.54, 1.807) is 0 Å². The Morgan fingerprint density at radius 2 is 1.61 bits per heavy atom. The van der Waals surface area contributed by atoms with E-state index in [-0.39, 0.29) is 5.75 Å². The van der Waals surface area contributed by atoms with Crippen LogP contribution in [0, 0.1) is 17.8 Å². The second kappa shape index (κ2) is 5.10. The lowest BCUT2D eigenvalue weighted by Crippen LogP contribution is -2.36. The van der Waals surface area contributed by atoms with Crippen molar-refractivity contribution in [2.75, 3.05) is 18.8 Å². The fourth-order valence-corrected chi connectivity index (χ4v) is 3.72. The van der Waals surface area contributed by atoms with E-state index in [2.05, 4.69) is 10.0 Å². The second-order valence-electron chi connectivity index (χ2n) is 6.23. The highest BCUT2D eigenvalue weighted by Gasteiger charge is 2.41. The molecule has 0 atom stereocenters. The molecular weight excluding hydrogens is 248 g/mol. The van der Waals surface area contributed by atoms with Crippen molar-refractivity contribution in [3.8, 4) is 0 Å². The van der Waals surface area contributed by atoms with Gasteiger partial charge in [-0.3, -0.25) is 0 Å². The highest BCUT2D eigenvalue weighted by atomic mass is 32.2. The van der Waals surface area contributed by atoms with Crippen LogP contribution in [0.3, 0.4) is 0 Å². The van der Waals surface area contributed by atoms with Crippen molar-refractivity contribution in [1.29, 1.82) is 0 Å². The first-order valence-corrected chi connectivity index (χ1v) is 9.00. The molecule has 0 aromatic rings. The third-order valence-corrected chi connectivity index (χ3v) is 5.72. The molecule has 3 saturated carbocycles. The lowest BCUT2D eigenvalue weighted by atomic mass is 9.99. The first-order valence-electron chi connectivity index (χ1n) is 7.35. The molecule has 18 heavy (non-hydrogen) atoms. The SMILES string of the molecule is O=S(=O)(CCNC1CC1)NCC(C1CC1)C1CC1. The largest absolute Gasteiger partial charge is 0.313 e. The van der Waals surface area contributed by atoms with Gasteiger partial charge >= 0.3 is 0 Å². The normalized spacial score (nSPS) is 24.7. The Hall–Kier alpha value is -0.130. The molecule has 5 heteroatoms. The number of sulfonamides is 1. The summed E-state index contributed by atoms with van der Waals surface area (Å²) in [7, 11) is -3.07. The van der Waals surface area contributed by atoms with Crippen molar-refractivity contribution < 1.29 is 8.42 Å². The van der Waals surface area contributed by atoms with Gasteiger partial charge in [-0.1, -0.05) is 0 Å². The predicted octanol–water partition coefficient (Wildman–Crippen LogP) is 1.09. The summed E-state index contributed by atoms with van der Waals surface area (Å²) >= 11 is 0. The van der Waals surface area contributed by atoms with Crippen LogP contribution in [-0.4, -0.2) is 33.3 Å². The highest BCUT2D eigenvalue weighted by molar-refractivity contribution is 7.89. The summed E-state index contributed by atoms with van der Waals surface area (Å²) in [5.41, 5.74) is 0. The van der Waals surface area contributed by atoms with Crippen LogP contribution in [0.25, 0.3) is 0 Å². The topological polar surface area (TPSA) is 58.2 Å². The average molecular weight is 272 g/mol. The van der Waals surface area contributed by atoms with E-state index in [0.717, 1.165) is 11.8 Å². The molecule has 0 aliphatic heterocycles. The van der Waals surface area contributed by atoms with Gasteiger partial charge in [0.05, 0.1) is 5.75 Å². The minimum absolute atomic E-state index is 0.228. The smallest absolute Gasteiger partial charge is 0.212 e. The predicted molar refractivity (Wildman–Crippen MR) is 71.8 cm³/mol. The van der Waals surface area contributed by atoms with Crippen molar-refractivity contribution in [2.45, 2.75) is 44.6 Å². The number of rotatable bonds is 9. The van der Waals surface area contributed by atoms with Gasteiger partial charge in [0.2, 0.25) is 10.0 Å². The van der Waals surface area contributed by atoms with Crippen LogP contribution in [0.2, 0.25) is 0 Å². The maximum Gasteiger partial charge on any atom is 0.212 e. The van der Waals surface area contributed by atoms with Gasteiger partial charge < -0.3 is 5.32 Å². The van der Waals surface area contributed by atoms with E-state index in [9.17, 15) is 8.42 Å². The summed E-state index contributed by atoms with van der Waals surface area (Å²) in [6.45, 7) is 1.28. The Morgan fingerprint density at radius 3 is 2.11 bits per heavy atom. The van der Waals surface area contributed by atoms with E-state index in [0.29, 0.717) is 25.0 Å². The molecule has 0 bridgehead atoms. The number of nitrogens with one attached hydrogen (secondary N) is 2. The summed E-state index contributed by atoms with van der Waals surface area (Å²) in [5, 5.41) is 3.25. The Kier molecular flexibility index (Phi) is 3.65. The van der Waals surface area contributed by atoms with Gasteiger partial charge in [-0.25, -0.2) is 13.1 Å². The van der Waals surface area contributed by atoms with Gasteiger partial charge in [0, 0.05) is 19.1 Å². The molecule has 0 aromatic heterocycles. The second-order valence-corrected chi connectivity index (χ2v) is 8.16. The molecule has 3 fully saturated rings. The lowest BCUT2D eigenvalue weighted by molar-refractivity contribution is 0.401. The molecule has 104 valence electrons. The van der Waals surface area contributed by atoms with Crippen molar-refractivity contribution >= 4 is 10.0 Å². The fraction of sp³-hybridized carbons (Fsp3) is 1.00. The van der Waals surface area contributed by atoms with E-state index in [1.165, 1.54) is 38.5 Å². The van der Waals surface area contributed by atoms with Crippen molar-refractivity contribution in [2.24, 2.45) is 17.8 Å². The molecular formula is C13H24N2O2S. The Bertz CT molecular complexity index is 372. The van der Waals surface area contributed by atoms with Gasteiger partial charge in [0.25, 0.3) is 0 Å². The van der Waals surface area contributed by atoms with Crippen LogP contribution < -0.4 is 10.0 Å². The number of hydrogen-bond acceptors (Lipinski definition) is 3. The Morgan fingerprint density at radius 1 is 1.00 bits per heavy atom. The van der Waals surface area contributed by atoms with Gasteiger partial charge in [-0.2, -0.15) is 0 Å². The van der Waals surface area contributed by atoms with Gasteiger partial charge in [-0.15, -0.1) is 0 Å². The van der Waals surface area contributed by atoms with Crippen LogP contribution in [-0.2, 0) is 10.0 Å². The zero-order valence-electron chi connectivity index (χ0n) is 10.9. The molecule has 0 amide bonds. The van der Waals surface area contributed by atoms with Gasteiger partial charge in [0.1, 0.15) is 0 Å². The van der Waals surface area contributed by atoms with Crippen LogP contribution in [0.15, 0.2) is 0 Å². The summed E-state index contributed by atoms with van der Waals surface area (Å²) in [4.78, 5) is 0. The van der Waals surface area contributed by atoms with Crippen LogP contribution in [0.1, 0.15) is 38.5 Å². The third-order valence-electron chi connectivity index (χ3n) is 4.38. The molecule has 3 aliphatic rings. The molecule has 3 aliphatic carbocycles. The zero-order valence-corrected chi connectivity index (χ0v) is 11.7. The van der Waals surface area contributed by atoms with Crippen molar-refractivity contribution in [1.82, 2.24) is 10.0 Å². The minimum atomic E-state index is -3.07. The molecule has 2 N–H and O–H groups in total. The van der Waals surface area contributed by atoms with Crippen LogP contribution >= 0.6 is 0 Å². The summed E-state index contributed by atoms with van der Waals surface area (Å²) in [5.74, 6) is 2.47. The first-order chi connectivity index (χ1) is 8.64. The monoisotopic (exact) mass is 272 g/mol. The molecule has 0 heterocycles. The molecule has 3 rings (SSSR count). The summed E-state index contributed by atoms with van der Waals surface area (Å²) in [6, 6.07) is 0.589. The standard InChI is InChI=1S/C13H24N2O2S/c16-18(17,8-7-14-12-5-6-12)15-9-13(10-1-2-10)11-3-4-11/h10-15H,1-9H2. The average Bonchev–Trinajstić information content (AvgIpc) is 3.07. The van der Waals surface area contributed by atoms with Gasteiger partial charge in [0.15, 0.2) is 0 Å². The fourth-order valence-electron chi connectivity index (χ4n) is 2.75. The van der Waals surface area contributed by atoms with E-state index in [1.807, 2.05) is 0 Å². The van der Waals surface area contributed by atoms with Gasteiger partial charge in [-0.05, 0) is 56.3 Å². The minimum Gasteiger partial charge on any atom is -0.313 e. The Balaban J connectivity index is 1.39. The van der Waals surface area contributed by atoms with Crippen molar-refractivity contribution in [3.05, 3.63) is 0 Å². The van der Waals surface area contributed by atoms with E-state index < -0.39 is 10.0 Å². The molecule has 0 radical (unpaired) electrons. The van der Waals surface area contributed by atoms with Crippen LogP contribution in [0.5, 0.6) is 0 Å². The molecule has 0 saturated heterocycles. The third kappa shape index (κ3) is 3.93. The van der Waals surface area contributed by atoms with Crippen LogP contribution in [0.4, 0.5) is 0 Å². The summed E-state index contributed by atoms with van der Waals surface area (Å²) in [6.07, 6.45) is 7.66. The summed E-state index contributed by atoms with van der Waals surface area (Å²) < 4.78 is 26.6. The van der Waals surface area contributed by atoms with E-state index in [4.69, 9.17) is 0 Å². The molecule has 0 unspecified atom stereocenters. The Labute approximate surface area is 110 Å². The maximum absolute atomic E-state index is 11.9. The highest BCUT2D eigenvalue weighted by Crippen LogP contribution is 2.48. The van der Waals surface area contributed by atoms with E-state index >= 15 is 0 Å². The molecule has 0 aromatic carbocycles.